The van der Waals surface area contributed by atoms with E-state index in [9.17, 15) is 5.21 Å². The lowest BCUT2D eigenvalue weighted by Crippen LogP contribution is -2.28. The number of hydrogen-bond acceptors (Lipinski definition) is 8. The molecule has 8 heteroatoms. The summed E-state index contributed by atoms with van der Waals surface area (Å²) in [5, 5.41) is 9.28. The van der Waals surface area contributed by atoms with Crippen LogP contribution in [0.15, 0.2) is 0 Å². The molecule has 4 N–H and O–H groups in total. The molecule has 0 amide bonds. The lowest BCUT2D eigenvalue weighted by Gasteiger charge is -2.23. The minimum Gasteiger partial charge on any atom is -0.371 e. The van der Waals surface area contributed by atoms with E-state index >= 15 is 0 Å². The highest BCUT2D eigenvalue weighted by Gasteiger charge is 2.14. The minimum atomic E-state index is 0.00250. The van der Waals surface area contributed by atoms with Crippen LogP contribution >= 0.6 is 0 Å². The van der Waals surface area contributed by atoms with Crippen molar-refractivity contribution in [3.05, 3.63) is 0 Å². The Hall–Kier alpha value is -1.67. The third-order valence-corrected chi connectivity index (χ3v) is 6.65. The molecule has 0 bridgehead atoms. The molecule has 1 heterocycles. The van der Waals surface area contributed by atoms with Crippen LogP contribution in [-0.2, 0) is 0 Å². The lowest BCUT2D eigenvalue weighted by molar-refractivity contribution is 0.302. The van der Waals surface area contributed by atoms with Crippen LogP contribution in [0.5, 0.6) is 6.01 Å². The van der Waals surface area contributed by atoms with Crippen molar-refractivity contribution in [1.82, 2.24) is 15.0 Å². The molecule has 204 valence electrons. The molecule has 0 aliphatic carbocycles. The SMILES string of the molecule is CCCCCCCCCCCCN(CCCCCCCCCCCC)c1nc(NO)nc(ON)n1. The van der Waals surface area contributed by atoms with Gasteiger partial charge in [0.25, 0.3) is 5.95 Å². The van der Waals surface area contributed by atoms with Crippen LogP contribution in [0.4, 0.5) is 11.9 Å². The number of anilines is 2. The molecule has 0 aliphatic heterocycles. The Morgan fingerprint density at radius 1 is 0.629 bits per heavy atom. The molecule has 1 rings (SSSR count). The zero-order chi connectivity index (χ0) is 25.4. The van der Waals surface area contributed by atoms with Gasteiger partial charge in [0.1, 0.15) is 0 Å². The first-order chi connectivity index (χ1) is 17.2. The fourth-order valence-corrected chi connectivity index (χ4v) is 4.48. The lowest BCUT2D eigenvalue weighted by atomic mass is 10.1. The number of rotatable bonds is 25. The first-order valence-corrected chi connectivity index (χ1v) is 14.5. The maximum Gasteiger partial charge on any atom is 0.342 e. The molecular formula is C27H54N6O2. The highest BCUT2D eigenvalue weighted by Crippen LogP contribution is 2.18. The van der Waals surface area contributed by atoms with E-state index in [1.807, 2.05) is 5.48 Å². The molecule has 8 nitrogen and oxygen atoms in total. The van der Waals surface area contributed by atoms with Gasteiger partial charge in [-0.25, -0.2) is 5.48 Å². The molecule has 0 aromatic carbocycles. The van der Waals surface area contributed by atoms with E-state index in [-0.39, 0.29) is 12.0 Å². The first kappa shape index (κ1) is 31.4. The fraction of sp³-hybridized carbons (Fsp3) is 0.889. The molecular weight excluding hydrogens is 440 g/mol. The fourth-order valence-electron chi connectivity index (χ4n) is 4.48. The predicted molar refractivity (Wildman–Crippen MR) is 146 cm³/mol. The van der Waals surface area contributed by atoms with E-state index < -0.39 is 0 Å². The van der Waals surface area contributed by atoms with Crippen LogP contribution in [0, 0.1) is 0 Å². The quantitative estimate of drug-likeness (QED) is 0.0942. The minimum absolute atomic E-state index is 0.00250. The maximum absolute atomic E-state index is 9.28. The average Bonchev–Trinajstić information content (AvgIpc) is 2.89. The summed E-state index contributed by atoms with van der Waals surface area (Å²) in [6.45, 7) is 6.29. The van der Waals surface area contributed by atoms with Crippen molar-refractivity contribution >= 4 is 11.9 Å². The molecule has 0 spiro atoms. The Bertz CT molecular complexity index is 559. The zero-order valence-corrected chi connectivity index (χ0v) is 22.8. The van der Waals surface area contributed by atoms with E-state index in [1.54, 1.807) is 0 Å². The molecule has 0 fully saturated rings. The highest BCUT2D eigenvalue weighted by molar-refractivity contribution is 5.37. The monoisotopic (exact) mass is 494 g/mol. The number of nitrogens with two attached hydrogens (primary N) is 1. The molecule has 0 saturated heterocycles. The Kier molecular flexibility index (Phi) is 20.4. The van der Waals surface area contributed by atoms with Crippen molar-refractivity contribution in [3.8, 4) is 6.01 Å². The standard InChI is InChI=1S/C27H54N6O2/c1-3-5-7-9-11-13-15-17-19-21-23-33(26-29-25(32-34)30-27(31-26)35-28)24-22-20-18-16-14-12-10-8-6-4-2/h34H,3-24,28H2,1-2H3,(H,29,30,31,32). The molecule has 0 unspecified atom stereocenters. The number of hydrogen-bond donors (Lipinski definition) is 3. The van der Waals surface area contributed by atoms with Crippen LogP contribution in [0.25, 0.3) is 0 Å². The summed E-state index contributed by atoms with van der Waals surface area (Å²) in [5.41, 5.74) is 1.99. The molecule has 35 heavy (non-hydrogen) atoms. The molecule has 0 radical (unpaired) electrons. The molecule has 1 aromatic heterocycles. The topological polar surface area (TPSA) is 109 Å². The summed E-state index contributed by atoms with van der Waals surface area (Å²) in [6, 6.07) is 0.00250. The first-order valence-electron chi connectivity index (χ1n) is 14.5. The van der Waals surface area contributed by atoms with E-state index in [2.05, 4.69) is 33.7 Å². The summed E-state index contributed by atoms with van der Waals surface area (Å²) in [5.74, 6) is 5.83. The van der Waals surface area contributed by atoms with Crippen LogP contribution in [0.1, 0.15) is 142 Å². The van der Waals surface area contributed by atoms with Gasteiger partial charge < -0.3 is 9.74 Å². The van der Waals surface area contributed by atoms with Gasteiger partial charge in [-0.05, 0) is 12.8 Å². The largest absolute Gasteiger partial charge is 0.371 e. The average molecular weight is 495 g/mol. The van der Waals surface area contributed by atoms with Crippen molar-refractivity contribution < 1.29 is 10.0 Å². The van der Waals surface area contributed by atoms with Crippen molar-refractivity contribution in [1.29, 1.82) is 0 Å². The summed E-state index contributed by atoms with van der Waals surface area (Å²) >= 11 is 0. The van der Waals surface area contributed by atoms with Crippen LogP contribution in [0.2, 0.25) is 0 Å². The number of unbranched alkanes of at least 4 members (excludes halogenated alkanes) is 18. The Labute approximate surface area is 214 Å². The van der Waals surface area contributed by atoms with Gasteiger partial charge in [-0.1, -0.05) is 129 Å². The van der Waals surface area contributed by atoms with Crippen LogP contribution < -0.4 is 21.1 Å². The van der Waals surface area contributed by atoms with Gasteiger partial charge >= 0.3 is 6.01 Å². The maximum atomic E-state index is 9.28. The van der Waals surface area contributed by atoms with Crippen LogP contribution in [-0.4, -0.2) is 33.2 Å². The van der Waals surface area contributed by atoms with Gasteiger partial charge in [0, 0.05) is 13.1 Å². The van der Waals surface area contributed by atoms with E-state index in [4.69, 9.17) is 10.7 Å². The Morgan fingerprint density at radius 3 is 1.40 bits per heavy atom. The third-order valence-electron chi connectivity index (χ3n) is 6.65. The summed E-state index contributed by atoms with van der Waals surface area (Å²) in [4.78, 5) is 19.5. The number of nitrogens with one attached hydrogen (secondary N) is 1. The molecule has 0 aliphatic rings. The Morgan fingerprint density at radius 2 is 1.03 bits per heavy atom. The van der Waals surface area contributed by atoms with E-state index in [0.717, 1.165) is 25.9 Å². The van der Waals surface area contributed by atoms with Gasteiger partial charge in [-0.3, -0.25) is 5.21 Å². The predicted octanol–water partition coefficient (Wildman–Crippen LogP) is 7.57. The number of aromatic nitrogens is 3. The van der Waals surface area contributed by atoms with Gasteiger partial charge in [0.15, 0.2) is 0 Å². The van der Waals surface area contributed by atoms with Gasteiger partial charge in [0.05, 0.1) is 0 Å². The Balaban J connectivity index is 2.38. The second kappa shape index (κ2) is 22.8. The van der Waals surface area contributed by atoms with E-state index in [0.29, 0.717) is 5.95 Å². The molecule has 0 atom stereocenters. The summed E-state index contributed by atoms with van der Waals surface area (Å²) in [7, 11) is 0. The normalized spacial score (nSPS) is 11.1. The number of nitrogens with zero attached hydrogens (tertiary/aromatic N) is 4. The van der Waals surface area contributed by atoms with Gasteiger partial charge in [-0.15, -0.1) is 0 Å². The third kappa shape index (κ3) is 16.6. The van der Waals surface area contributed by atoms with Gasteiger partial charge in [0.2, 0.25) is 5.95 Å². The van der Waals surface area contributed by atoms with Gasteiger partial charge in [-0.2, -0.15) is 20.8 Å². The summed E-state index contributed by atoms with van der Waals surface area (Å²) in [6.07, 6.45) is 26.1. The second-order valence-corrected chi connectivity index (χ2v) is 9.82. The van der Waals surface area contributed by atoms with E-state index in [1.165, 1.54) is 116 Å². The van der Waals surface area contributed by atoms with Crippen molar-refractivity contribution in [2.45, 2.75) is 142 Å². The molecule has 0 saturated carbocycles. The van der Waals surface area contributed by atoms with Crippen molar-refractivity contribution in [3.63, 3.8) is 0 Å². The highest BCUT2D eigenvalue weighted by atomic mass is 16.6. The zero-order valence-electron chi connectivity index (χ0n) is 22.8. The van der Waals surface area contributed by atoms with Crippen molar-refractivity contribution in [2.75, 3.05) is 23.5 Å². The van der Waals surface area contributed by atoms with Crippen molar-refractivity contribution in [2.24, 2.45) is 5.90 Å². The second-order valence-electron chi connectivity index (χ2n) is 9.82. The van der Waals surface area contributed by atoms with Crippen LogP contribution in [0.3, 0.4) is 0 Å². The molecule has 1 aromatic rings. The smallest absolute Gasteiger partial charge is 0.342 e. The summed E-state index contributed by atoms with van der Waals surface area (Å²) < 4.78 is 0.